The Morgan fingerprint density at radius 1 is 1.58 bits per heavy atom. The second-order valence-corrected chi connectivity index (χ2v) is 6.97. The molecule has 1 amide bonds. The number of halogens is 2. The van der Waals surface area contributed by atoms with Crippen LogP contribution in [0, 0.1) is 5.92 Å². The summed E-state index contributed by atoms with van der Waals surface area (Å²) in [6.45, 7) is 6.60. The fraction of sp³-hybridized carbons (Fsp3) is 0.615. The highest BCUT2D eigenvalue weighted by molar-refractivity contribution is 9.10. The van der Waals surface area contributed by atoms with E-state index in [4.69, 9.17) is 5.73 Å². The van der Waals surface area contributed by atoms with Gasteiger partial charge in [-0.2, -0.15) is 0 Å². The quantitative estimate of drug-likeness (QED) is 0.808. The number of aryl methyl sites for hydroxylation is 1. The predicted molar refractivity (Wildman–Crippen MR) is 88.0 cm³/mol. The van der Waals surface area contributed by atoms with Crippen LogP contribution in [0.25, 0.3) is 0 Å². The molecule has 0 radical (unpaired) electrons. The van der Waals surface area contributed by atoms with Crippen LogP contribution in [0.1, 0.15) is 32.1 Å². The third-order valence-electron chi connectivity index (χ3n) is 3.34. The van der Waals surface area contributed by atoms with Gasteiger partial charge in [-0.05, 0) is 41.3 Å². The lowest BCUT2D eigenvalue weighted by atomic mass is 9.88. The molecule has 1 aromatic heterocycles. The van der Waals surface area contributed by atoms with Crippen molar-refractivity contribution in [1.29, 1.82) is 0 Å². The zero-order valence-electron chi connectivity index (χ0n) is 11.5. The summed E-state index contributed by atoms with van der Waals surface area (Å²) < 4.78 is 1.08. The summed E-state index contributed by atoms with van der Waals surface area (Å²) in [5.74, 6) is 0.392. The van der Waals surface area contributed by atoms with E-state index < -0.39 is 0 Å². The van der Waals surface area contributed by atoms with Gasteiger partial charge in [0.1, 0.15) is 0 Å². The number of nitrogens with one attached hydrogen (secondary N) is 1. The molecule has 3 nitrogen and oxygen atoms in total. The van der Waals surface area contributed by atoms with Gasteiger partial charge in [0.2, 0.25) is 5.91 Å². The molecule has 0 aliphatic heterocycles. The van der Waals surface area contributed by atoms with Gasteiger partial charge in [-0.15, -0.1) is 23.7 Å². The largest absolute Gasteiger partial charge is 0.349 e. The number of carbonyl (C=O) groups is 1. The number of rotatable bonds is 6. The van der Waals surface area contributed by atoms with Crippen LogP contribution in [-0.4, -0.2) is 18.0 Å². The number of carbonyl (C=O) groups excluding carboxylic acids is 1. The molecule has 1 atom stereocenters. The van der Waals surface area contributed by atoms with Crippen molar-refractivity contribution >= 4 is 45.6 Å². The van der Waals surface area contributed by atoms with Gasteiger partial charge in [0.15, 0.2) is 0 Å². The van der Waals surface area contributed by atoms with Crippen molar-refractivity contribution in [3.05, 3.63) is 20.8 Å². The highest BCUT2D eigenvalue weighted by atomic mass is 79.9. The van der Waals surface area contributed by atoms with Gasteiger partial charge in [-0.25, -0.2) is 0 Å². The van der Waals surface area contributed by atoms with E-state index in [1.807, 2.05) is 12.3 Å². The Hall–Kier alpha value is -0.100. The molecular formula is C13H22BrClN2OS. The van der Waals surface area contributed by atoms with Crippen LogP contribution >= 0.6 is 39.7 Å². The van der Waals surface area contributed by atoms with E-state index in [-0.39, 0.29) is 23.9 Å². The van der Waals surface area contributed by atoms with E-state index in [0.717, 1.165) is 10.9 Å². The zero-order valence-corrected chi connectivity index (χ0v) is 14.8. The first-order valence-electron chi connectivity index (χ1n) is 6.11. The molecule has 19 heavy (non-hydrogen) atoms. The Morgan fingerprint density at radius 2 is 2.21 bits per heavy atom. The summed E-state index contributed by atoms with van der Waals surface area (Å²) in [5.41, 5.74) is 5.44. The molecular weight excluding hydrogens is 348 g/mol. The summed E-state index contributed by atoms with van der Waals surface area (Å²) in [4.78, 5) is 13.1. The van der Waals surface area contributed by atoms with Crippen LogP contribution in [0.3, 0.4) is 0 Å². The molecule has 1 unspecified atom stereocenters. The van der Waals surface area contributed by atoms with Gasteiger partial charge < -0.3 is 11.1 Å². The maximum Gasteiger partial charge on any atom is 0.220 e. The van der Waals surface area contributed by atoms with Crippen LogP contribution in [-0.2, 0) is 11.2 Å². The maximum absolute atomic E-state index is 11.9. The van der Waals surface area contributed by atoms with Crippen LogP contribution < -0.4 is 11.1 Å². The van der Waals surface area contributed by atoms with Crippen molar-refractivity contribution in [2.24, 2.45) is 11.7 Å². The van der Waals surface area contributed by atoms with Crippen molar-refractivity contribution in [2.75, 3.05) is 6.54 Å². The molecule has 0 spiro atoms. The zero-order chi connectivity index (χ0) is 13.8. The van der Waals surface area contributed by atoms with Gasteiger partial charge >= 0.3 is 0 Å². The fourth-order valence-electron chi connectivity index (χ4n) is 1.53. The topological polar surface area (TPSA) is 55.1 Å². The Balaban J connectivity index is 0.00000324. The molecule has 0 aliphatic rings. The smallest absolute Gasteiger partial charge is 0.220 e. The minimum Gasteiger partial charge on any atom is -0.349 e. The molecule has 0 saturated carbocycles. The van der Waals surface area contributed by atoms with Crippen molar-refractivity contribution in [2.45, 2.75) is 39.2 Å². The molecule has 0 aromatic carbocycles. The monoisotopic (exact) mass is 368 g/mol. The summed E-state index contributed by atoms with van der Waals surface area (Å²) in [6, 6.07) is 2.06. The third-order valence-corrected chi connectivity index (χ3v) is 5.10. The first kappa shape index (κ1) is 18.9. The van der Waals surface area contributed by atoms with Crippen LogP contribution in [0.2, 0.25) is 0 Å². The number of hydrogen-bond acceptors (Lipinski definition) is 3. The fourth-order valence-corrected chi connectivity index (χ4v) is 2.99. The summed E-state index contributed by atoms with van der Waals surface area (Å²) in [7, 11) is 0. The van der Waals surface area contributed by atoms with Gasteiger partial charge in [0.05, 0.1) is 5.54 Å². The lowest BCUT2D eigenvalue weighted by Gasteiger charge is -2.33. The molecule has 3 N–H and O–H groups in total. The van der Waals surface area contributed by atoms with E-state index in [1.54, 1.807) is 11.3 Å². The summed E-state index contributed by atoms with van der Waals surface area (Å²) in [6.07, 6.45) is 1.29. The highest BCUT2D eigenvalue weighted by Crippen LogP contribution is 2.21. The average molecular weight is 370 g/mol. The number of nitrogens with two attached hydrogens (primary N) is 1. The molecule has 1 heterocycles. The molecule has 0 saturated heterocycles. The molecule has 1 rings (SSSR count). The minimum atomic E-state index is -0.312. The second kappa shape index (κ2) is 8.25. The van der Waals surface area contributed by atoms with Crippen molar-refractivity contribution in [3.63, 3.8) is 0 Å². The van der Waals surface area contributed by atoms with E-state index in [2.05, 4.69) is 41.2 Å². The van der Waals surface area contributed by atoms with Gasteiger partial charge in [0.25, 0.3) is 0 Å². The highest BCUT2D eigenvalue weighted by Gasteiger charge is 2.28. The first-order valence-corrected chi connectivity index (χ1v) is 7.78. The molecule has 6 heteroatoms. The van der Waals surface area contributed by atoms with Crippen LogP contribution in [0.5, 0.6) is 0 Å². The Labute approximate surface area is 133 Å². The number of thiophene rings is 1. The average Bonchev–Trinajstić information content (AvgIpc) is 2.72. The molecule has 0 aliphatic carbocycles. The molecule has 1 aromatic rings. The number of amides is 1. The van der Waals surface area contributed by atoms with Crippen molar-refractivity contribution in [1.82, 2.24) is 5.32 Å². The lowest BCUT2D eigenvalue weighted by Crippen LogP contribution is -2.55. The Bertz CT molecular complexity index is 411. The van der Waals surface area contributed by atoms with Gasteiger partial charge in [-0.3, -0.25) is 4.79 Å². The standard InChI is InChI=1S/C13H21BrN2OS.ClH/c1-9(2)13(3,8-15)16-12(17)5-4-11-6-10(14)7-18-11;/h6-7,9H,4-5,8,15H2,1-3H3,(H,16,17);1H. The summed E-state index contributed by atoms with van der Waals surface area (Å²) in [5, 5.41) is 5.08. The lowest BCUT2D eigenvalue weighted by molar-refractivity contribution is -0.123. The molecule has 0 fully saturated rings. The van der Waals surface area contributed by atoms with E-state index >= 15 is 0 Å². The van der Waals surface area contributed by atoms with Gasteiger partial charge in [-0.1, -0.05) is 13.8 Å². The Morgan fingerprint density at radius 3 is 2.63 bits per heavy atom. The third kappa shape index (κ3) is 5.81. The van der Waals surface area contributed by atoms with Crippen molar-refractivity contribution < 1.29 is 4.79 Å². The van der Waals surface area contributed by atoms with Gasteiger partial charge in [0, 0.05) is 27.7 Å². The van der Waals surface area contributed by atoms with E-state index in [0.29, 0.717) is 18.9 Å². The number of hydrogen-bond donors (Lipinski definition) is 2. The molecule has 0 bridgehead atoms. The van der Waals surface area contributed by atoms with Crippen LogP contribution in [0.4, 0.5) is 0 Å². The van der Waals surface area contributed by atoms with E-state index in [9.17, 15) is 4.79 Å². The predicted octanol–water partition coefficient (Wildman–Crippen LogP) is 3.35. The SMILES string of the molecule is CC(C)C(C)(CN)NC(=O)CCc1cc(Br)cs1.Cl. The Kier molecular flexibility index (Phi) is 8.20. The maximum atomic E-state index is 11.9. The summed E-state index contributed by atoms with van der Waals surface area (Å²) >= 11 is 5.08. The van der Waals surface area contributed by atoms with E-state index in [1.165, 1.54) is 4.88 Å². The second-order valence-electron chi connectivity index (χ2n) is 5.06. The first-order chi connectivity index (χ1) is 8.37. The van der Waals surface area contributed by atoms with Crippen LogP contribution in [0.15, 0.2) is 15.9 Å². The molecule has 110 valence electrons. The normalized spacial score (nSPS) is 13.8. The van der Waals surface area contributed by atoms with Crippen molar-refractivity contribution in [3.8, 4) is 0 Å². The minimum absolute atomic E-state index is 0.